The van der Waals surface area contributed by atoms with Crippen molar-refractivity contribution in [1.29, 1.82) is 0 Å². The van der Waals surface area contributed by atoms with Gasteiger partial charge in [0.25, 0.3) is 0 Å². The highest BCUT2D eigenvalue weighted by atomic mass is 32.2. The van der Waals surface area contributed by atoms with Gasteiger partial charge in [-0.2, -0.15) is 0 Å². The number of hydrogen-bond acceptors (Lipinski definition) is 9. The average Bonchev–Trinajstić information content (AvgIpc) is 3.63. The molecule has 1 heterocycles. The molecular weight excluding hydrogens is 639 g/mol. The van der Waals surface area contributed by atoms with Gasteiger partial charge in [-0.05, 0) is 86.3 Å². The first-order valence-electron chi connectivity index (χ1n) is 18.0. The summed E-state index contributed by atoms with van der Waals surface area (Å²) in [5, 5.41) is 24.7. The average molecular weight is 690 g/mol. The van der Waals surface area contributed by atoms with Gasteiger partial charge in [0.2, 0.25) is 5.79 Å². The second-order valence-electron chi connectivity index (χ2n) is 13.8. The molecule has 49 heavy (non-hydrogen) atoms. The van der Waals surface area contributed by atoms with E-state index in [1.807, 2.05) is 42.1 Å². The molecule has 0 bridgehead atoms. The van der Waals surface area contributed by atoms with Crippen molar-refractivity contribution in [3.63, 3.8) is 0 Å². The van der Waals surface area contributed by atoms with Crippen LogP contribution in [0.3, 0.4) is 0 Å². The number of unbranched alkanes of at least 4 members (excludes halogenated alkanes) is 2. The molecule has 0 amide bonds. The molecule has 0 aromatic heterocycles. The fourth-order valence-corrected chi connectivity index (χ4v) is 10.4. The summed E-state index contributed by atoms with van der Waals surface area (Å²) in [6.07, 6.45) is 15.7. The van der Waals surface area contributed by atoms with Gasteiger partial charge >= 0.3 is 0 Å². The van der Waals surface area contributed by atoms with E-state index in [9.17, 15) is 15.0 Å². The predicted molar refractivity (Wildman–Crippen MR) is 194 cm³/mol. The summed E-state index contributed by atoms with van der Waals surface area (Å²) < 4.78 is 20.6. The first-order chi connectivity index (χ1) is 24.0. The van der Waals surface area contributed by atoms with Crippen molar-refractivity contribution < 1.29 is 34.1 Å². The number of carbonyl (C=O) groups is 1. The van der Waals surface area contributed by atoms with Crippen LogP contribution in [0.2, 0.25) is 0 Å². The molecule has 2 aromatic carbocycles. The first kappa shape index (κ1) is 35.7. The Kier molecular flexibility index (Phi) is 12.2. The van der Waals surface area contributed by atoms with Crippen molar-refractivity contribution in [2.45, 2.75) is 92.8 Å². The minimum absolute atomic E-state index is 0.00489. The first-order valence-corrected chi connectivity index (χ1v) is 19.0. The lowest BCUT2D eigenvalue weighted by Gasteiger charge is -2.58. The fourth-order valence-electron chi connectivity index (χ4n) is 8.66. The summed E-state index contributed by atoms with van der Waals surface area (Å²) in [5.74, 6) is 1.39. The normalized spacial score (nSPS) is 28.3. The van der Waals surface area contributed by atoms with Gasteiger partial charge in [0.05, 0.1) is 23.5 Å². The van der Waals surface area contributed by atoms with E-state index in [1.165, 1.54) is 25.7 Å². The Morgan fingerprint density at radius 3 is 2.55 bits per heavy atom. The minimum Gasteiger partial charge on any atom is -0.460 e. The van der Waals surface area contributed by atoms with E-state index in [4.69, 9.17) is 19.0 Å². The number of aldehydes is 1. The number of ether oxygens (including phenoxy) is 3. The van der Waals surface area contributed by atoms with Gasteiger partial charge < -0.3 is 29.3 Å². The Morgan fingerprint density at radius 2 is 1.82 bits per heavy atom. The molecule has 2 N–H and O–H groups in total. The van der Waals surface area contributed by atoms with Crippen LogP contribution in [-0.2, 0) is 9.57 Å². The highest BCUT2D eigenvalue weighted by Crippen LogP contribution is 2.63. The van der Waals surface area contributed by atoms with Gasteiger partial charge in [0.1, 0.15) is 30.6 Å². The molecule has 264 valence electrons. The molecular formula is C40H51NO7S. The van der Waals surface area contributed by atoms with Gasteiger partial charge in [-0.3, -0.25) is 4.79 Å². The van der Waals surface area contributed by atoms with E-state index < -0.39 is 5.79 Å². The number of thioether (sulfide) groups is 1. The summed E-state index contributed by atoms with van der Waals surface area (Å²) in [5.41, 5.74) is 3.71. The smallest absolute Gasteiger partial charge is 0.230 e. The molecule has 6 atom stereocenters. The second kappa shape index (κ2) is 16.7. The Hall–Kier alpha value is -3.11. The summed E-state index contributed by atoms with van der Waals surface area (Å²) in [6.45, 7) is 4.71. The van der Waals surface area contributed by atoms with Crippen LogP contribution in [-0.4, -0.2) is 65.4 Å². The van der Waals surface area contributed by atoms with Gasteiger partial charge in [-0.25, -0.2) is 0 Å². The zero-order valence-electron chi connectivity index (χ0n) is 28.6. The summed E-state index contributed by atoms with van der Waals surface area (Å²) >= 11 is 1.99. The summed E-state index contributed by atoms with van der Waals surface area (Å²) in [7, 11) is 1.62. The maximum Gasteiger partial charge on any atom is 0.230 e. The number of oxime groups is 1. The van der Waals surface area contributed by atoms with E-state index in [1.54, 1.807) is 19.2 Å². The number of aliphatic hydroxyl groups is 2. The lowest BCUT2D eigenvalue weighted by Crippen LogP contribution is -2.64. The van der Waals surface area contributed by atoms with Crippen LogP contribution in [0.4, 0.5) is 0 Å². The Balaban J connectivity index is 1.52. The minimum atomic E-state index is -0.955. The molecule has 0 unspecified atom stereocenters. The van der Waals surface area contributed by atoms with E-state index in [2.05, 4.69) is 23.9 Å². The third-order valence-corrected chi connectivity index (χ3v) is 12.4. The highest BCUT2D eigenvalue weighted by molar-refractivity contribution is 8.00. The van der Waals surface area contributed by atoms with Gasteiger partial charge in [0.15, 0.2) is 0 Å². The molecule has 2 fully saturated rings. The number of carbonyl (C=O) groups excluding carboxylic acids is 1. The maximum atomic E-state index is 11.5. The van der Waals surface area contributed by atoms with Crippen molar-refractivity contribution in [3.05, 3.63) is 77.9 Å². The van der Waals surface area contributed by atoms with Crippen molar-refractivity contribution in [1.82, 2.24) is 0 Å². The Labute approximate surface area is 294 Å². The van der Waals surface area contributed by atoms with Crippen molar-refractivity contribution in [2.24, 2.45) is 22.9 Å². The number of allylic oxidation sites excluding steroid dienone is 1. The Morgan fingerprint density at radius 1 is 1.04 bits per heavy atom. The number of nitrogens with zero attached hydrogens (tertiary/aromatic N) is 1. The van der Waals surface area contributed by atoms with E-state index in [0.717, 1.165) is 67.4 Å². The topological polar surface area (TPSA) is 107 Å². The molecule has 9 heteroatoms. The lowest BCUT2D eigenvalue weighted by atomic mass is 9.56. The van der Waals surface area contributed by atoms with Gasteiger partial charge in [0, 0.05) is 41.9 Å². The monoisotopic (exact) mass is 689 g/mol. The van der Waals surface area contributed by atoms with Gasteiger partial charge in [-0.15, -0.1) is 18.3 Å². The van der Waals surface area contributed by atoms with Crippen LogP contribution in [0, 0.1) is 17.8 Å². The quantitative estimate of drug-likeness (QED) is 0.0741. The van der Waals surface area contributed by atoms with Crippen molar-refractivity contribution >= 4 is 23.8 Å². The predicted octanol–water partition coefficient (Wildman–Crippen LogP) is 8.23. The van der Waals surface area contributed by atoms with E-state index in [0.29, 0.717) is 35.3 Å². The molecule has 0 saturated heterocycles. The molecule has 0 spiro atoms. The number of benzene rings is 2. The largest absolute Gasteiger partial charge is 0.460 e. The number of aliphatic hydroxyl groups excluding tert-OH is 2. The third-order valence-electron chi connectivity index (χ3n) is 10.7. The molecule has 3 aliphatic carbocycles. The van der Waals surface area contributed by atoms with Crippen LogP contribution >= 0.6 is 11.8 Å². The number of rotatable bonds is 17. The van der Waals surface area contributed by atoms with Crippen molar-refractivity contribution in [3.8, 4) is 17.2 Å². The van der Waals surface area contributed by atoms with E-state index >= 15 is 0 Å². The number of fused-ring (bicyclic) bond motifs is 2. The van der Waals surface area contributed by atoms with Crippen molar-refractivity contribution in [2.75, 3.05) is 26.9 Å². The molecule has 6 rings (SSSR count). The SMILES string of the molecule is C=CCO[C@@]12Oc3ccc(Oc4cccc(C=O)c4)cc3[C@H]3[C@H](CCCCO)[C@@H](CCCCO)C=C(C(=NOC)C[C@@H]1SC1CCCC1)[C@H]32. The molecule has 2 aromatic rings. The van der Waals surface area contributed by atoms with Crippen LogP contribution in [0.1, 0.15) is 92.5 Å². The van der Waals surface area contributed by atoms with Crippen LogP contribution in [0.5, 0.6) is 17.2 Å². The molecule has 2 saturated carbocycles. The van der Waals surface area contributed by atoms with Gasteiger partial charge in [-0.1, -0.05) is 55.1 Å². The zero-order valence-corrected chi connectivity index (χ0v) is 29.5. The number of hydrogen-bond donors (Lipinski definition) is 2. The zero-order chi connectivity index (χ0) is 34.2. The fraction of sp³-hybridized carbons (Fsp3) is 0.550. The molecule has 0 radical (unpaired) electrons. The van der Waals surface area contributed by atoms with Crippen LogP contribution in [0.25, 0.3) is 0 Å². The summed E-state index contributed by atoms with van der Waals surface area (Å²) in [4.78, 5) is 17.0. The van der Waals surface area contributed by atoms with Crippen LogP contribution < -0.4 is 9.47 Å². The van der Waals surface area contributed by atoms with Crippen LogP contribution in [0.15, 0.2) is 71.9 Å². The Bertz CT molecular complexity index is 1500. The highest BCUT2D eigenvalue weighted by Gasteiger charge is 2.64. The molecule has 8 nitrogen and oxygen atoms in total. The third kappa shape index (κ3) is 7.65. The standard InChI is InChI=1S/C40H51NO7S/c1-3-21-46-40-37(49-31-14-4-5-15-31)25-35(41-45-2)33-23-28(12-6-8-19-42)32(16-7-9-20-43)38(39(33)40)34-24-30(17-18-36(34)48-40)47-29-13-10-11-27(22-29)26-44/h3,10-11,13,17-18,22-24,26,28,31-32,37-39,42-43H,1,4-9,12,14-16,19-21,25H2,2H3/t28-,32+,37-,38+,39+,40+/m0/s1. The second-order valence-corrected chi connectivity index (χ2v) is 15.3. The molecule has 4 aliphatic rings. The lowest BCUT2D eigenvalue weighted by molar-refractivity contribution is -0.223. The molecule has 1 aliphatic heterocycles. The van der Waals surface area contributed by atoms with E-state index in [-0.39, 0.29) is 42.1 Å². The summed E-state index contributed by atoms with van der Waals surface area (Å²) in [6, 6.07) is 13.2. The maximum absolute atomic E-state index is 11.5.